The minimum absolute atomic E-state index is 0.944. The van der Waals surface area contributed by atoms with Gasteiger partial charge in [0.1, 0.15) is 0 Å². The summed E-state index contributed by atoms with van der Waals surface area (Å²) in [6.45, 7) is 10.1. The van der Waals surface area contributed by atoms with Crippen molar-refractivity contribution in [2.75, 3.05) is 0 Å². The van der Waals surface area contributed by atoms with E-state index in [1.807, 2.05) is 20.8 Å². The Balaban J connectivity index is 3.10. The number of fused-ring (bicyclic) bond motifs is 1. The summed E-state index contributed by atoms with van der Waals surface area (Å²) in [6.07, 6.45) is 0. The van der Waals surface area contributed by atoms with Gasteiger partial charge in [0.05, 0.1) is 11.2 Å². The van der Waals surface area contributed by atoms with Gasteiger partial charge in [-0.05, 0) is 45.7 Å². The number of nitrogens with one attached hydrogen (secondary N) is 1. The summed E-state index contributed by atoms with van der Waals surface area (Å²) in [5, 5.41) is 1.20. The van der Waals surface area contributed by atoms with E-state index in [9.17, 15) is 0 Å². The van der Waals surface area contributed by atoms with Gasteiger partial charge in [-0.1, -0.05) is 0 Å². The molecule has 0 aromatic carbocycles. The first kappa shape index (κ1) is 8.04. The molecule has 74 valence electrons. The Kier molecular flexibility index (Phi) is 1.63. The van der Waals surface area contributed by atoms with Crippen LogP contribution in [-0.2, 0) is 0 Å². The lowest BCUT2D eigenvalue weighted by Gasteiger charge is -2.04. The van der Waals surface area contributed by atoms with Crippen LogP contribution in [0.1, 0.15) is 28.2 Å². The third kappa shape index (κ3) is 1.07. The Morgan fingerprint density at radius 3 is 2.29 bits per heavy atom. The van der Waals surface area contributed by atoms with Crippen molar-refractivity contribution in [1.82, 2.24) is 9.96 Å². The highest BCUT2D eigenvalue weighted by atomic mass is 14.8. The van der Waals surface area contributed by atoms with Crippen LogP contribution in [0.25, 0.3) is 10.9 Å². The van der Waals surface area contributed by atoms with Gasteiger partial charge in [-0.3, -0.25) is 4.98 Å². The topological polar surface area (TPSA) is 28.7 Å². The second kappa shape index (κ2) is 2.84. The number of pyridine rings is 1. The van der Waals surface area contributed by atoms with Crippen LogP contribution in [0.5, 0.6) is 0 Å². The van der Waals surface area contributed by atoms with E-state index >= 15 is 0 Å². The fourth-order valence-electron chi connectivity index (χ4n) is 1.96. The van der Waals surface area contributed by atoms with E-state index in [0.717, 1.165) is 22.6 Å². The molecule has 0 aliphatic carbocycles. The Labute approximate surface area is 85.8 Å². The lowest BCUT2D eigenvalue weighted by Crippen LogP contribution is -1.92. The van der Waals surface area contributed by atoms with Gasteiger partial charge in [0.25, 0.3) is 0 Å². The first-order valence-electron chi connectivity index (χ1n) is 5.34. The second-order valence-electron chi connectivity index (χ2n) is 3.95. The van der Waals surface area contributed by atoms with E-state index in [2.05, 4.69) is 18.8 Å². The highest BCUT2D eigenvalue weighted by Crippen LogP contribution is 2.27. The molecule has 0 amide bonds. The minimum atomic E-state index is 0.944. The maximum Gasteiger partial charge on any atom is 0.166 e. The summed E-state index contributed by atoms with van der Waals surface area (Å²) < 4.78 is 7.99. The van der Waals surface area contributed by atoms with E-state index in [1.165, 1.54) is 21.5 Å². The molecule has 2 heteroatoms. The normalized spacial score (nSPS) is 12.2. The first-order chi connectivity index (χ1) is 6.95. The van der Waals surface area contributed by atoms with Crippen molar-refractivity contribution in [2.45, 2.75) is 34.6 Å². The van der Waals surface area contributed by atoms with E-state index in [0.29, 0.717) is 0 Å². The van der Waals surface area contributed by atoms with Crippen LogP contribution in [0, 0.1) is 34.6 Å². The van der Waals surface area contributed by atoms with Crippen molar-refractivity contribution >= 4 is 10.9 Å². The van der Waals surface area contributed by atoms with Gasteiger partial charge in [-0.25, -0.2) is 0 Å². The highest BCUT2D eigenvalue weighted by Gasteiger charge is 2.11. The van der Waals surface area contributed by atoms with Crippen LogP contribution in [0.4, 0.5) is 0 Å². The zero-order chi connectivity index (χ0) is 11.3. The summed E-state index contributed by atoms with van der Waals surface area (Å²) in [5.74, 6) is 0. The standard InChI is InChI=1S/C12H16N2/c1-6-8(3)13-10(5)12-11(6)7(2)9(4)14-12/h14H,1-5H3/i/hD. The van der Waals surface area contributed by atoms with Gasteiger partial charge in [0.2, 0.25) is 0 Å². The number of hydrogen-bond acceptors (Lipinski definition) is 1. The number of nitrogens with zero attached hydrogens (tertiary/aromatic N) is 1. The molecule has 0 aliphatic heterocycles. The number of hydrogen-bond donors (Lipinski definition) is 1. The Morgan fingerprint density at radius 1 is 1.00 bits per heavy atom. The third-order valence-corrected chi connectivity index (χ3v) is 3.03. The monoisotopic (exact) mass is 189 g/mol. The molecule has 0 spiro atoms. The molecule has 2 aromatic rings. The zero-order valence-electron chi connectivity index (χ0n) is 10.4. The largest absolute Gasteiger partial charge is 0.357 e. The number of H-pyrrole nitrogens is 1. The number of rotatable bonds is 0. The van der Waals surface area contributed by atoms with Crippen molar-refractivity contribution < 1.29 is 1.41 Å². The fourth-order valence-corrected chi connectivity index (χ4v) is 1.96. The van der Waals surface area contributed by atoms with E-state index in [1.54, 1.807) is 0 Å². The first-order valence-corrected chi connectivity index (χ1v) is 4.89. The summed E-state index contributed by atoms with van der Waals surface area (Å²) in [5.41, 5.74) is 6.36. The average molecular weight is 189 g/mol. The fraction of sp³-hybridized carbons (Fsp3) is 0.417. The van der Waals surface area contributed by atoms with Crippen LogP contribution in [0.2, 0.25) is 1.41 Å². The van der Waals surface area contributed by atoms with Crippen molar-refractivity contribution in [2.24, 2.45) is 0 Å². The SMILES string of the molecule is [2H]n1c(C)c(C)c2c(C)c(C)nc(C)c21. The second-order valence-corrected chi connectivity index (χ2v) is 3.95. The smallest absolute Gasteiger partial charge is 0.166 e. The third-order valence-electron chi connectivity index (χ3n) is 3.03. The molecule has 1 N–H and O–H groups in total. The molecule has 2 rings (SSSR count). The van der Waals surface area contributed by atoms with Gasteiger partial charge >= 0.3 is 0 Å². The molecule has 0 unspecified atom stereocenters. The highest BCUT2D eigenvalue weighted by molar-refractivity contribution is 5.89. The van der Waals surface area contributed by atoms with Crippen molar-refractivity contribution in [3.8, 4) is 0 Å². The van der Waals surface area contributed by atoms with Gasteiger partial charge in [0.15, 0.2) is 1.41 Å². The lowest BCUT2D eigenvalue weighted by atomic mass is 10.1. The van der Waals surface area contributed by atoms with Crippen LogP contribution in [0.3, 0.4) is 0 Å². The van der Waals surface area contributed by atoms with Crippen LogP contribution in [-0.4, -0.2) is 9.96 Å². The minimum Gasteiger partial charge on any atom is -0.357 e. The molecule has 0 atom stereocenters. The van der Waals surface area contributed by atoms with Gasteiger partial charge in [0, 0.05) is 16.8 Å². The number of aryl methyl sites for hydroxylation is 4. The average Bonchev–Trinajstić information content (AvgIpc) is 2.40. The predicted octanol–water partition coefficient (Wildman–Crippen LogP) is 3.11. The molecule has 2 aromatic heterocycles. The molecule has 0 saturated carbocycles. The molecule has 2 nitrogen and oxygen atoms in total. The molecule has 14 heavy (non-hydrogen) atoms. The zero-order valence-corrected chi connectivity index (χ0v) is 9.39. The molecular weight excluding hydrogens is 172 g/mol. The number of aromatic amines is 1. The van der Waals surface area contributed by atoms with E-state index < -0.39 is 0 Å². The molecular formula is C12H16N2. The summed E-state index contributed by atoms with van der Waals surface area (Å²) >= 11 is 0. The Bertz CT molecular complexity index is 553. The van der Waals surface area contributed by atoms with Gasteiger partial charge < -0.3 is 4.98 Å². The van der Waals surface area contributed by atoms with Gasteiger partial charge in [-0.15, -0.1) is 0 Å². The summed E-state index contributed by atoms with van der Waals surface area (Å²) in [6, 6.07) is 0. The number of aromatic nitrogens is 2. The van der Waals surface area contributed by atoms with E-state index in [4.69, 9.17) is 1.41 Å². The molecule has 0 aliphatic rings. The van der Waals surface area contributed by atoms with Crippen LogP contribution in [0.15, 0.2) is 0 Å². The molecule has 0 fully saturated rings. The molecule has 0 saturated heterocycles. The molecule has 0 radical (unpaired) electrons. The van der Waals surface area contributed by atoms with Crippen molar-refractivity contribution in [3.63, 3.8) is 0 Å². The quantitative estimate of drug-likeness (QED) is 0.677. The van der Waals surface area contributed by atoms with E-state index in [-0.39, 0.29) is 0 Å². The maximum atomic E-state index is 7.99. The predicted molar refractivity (Wildman–Crippen MR) is 59.8 cm³/mol. The Hall–Kier alpha value is -1.31. The maximum absolute atomic E-state index is 7.99. The van der Waals surface area contributed by atoms with Crippen LogP contribution >= 0.6 is 0 Å². The summed E-state index contributed by atoms with van der Waals surface area (Å²) in [7, 11) is 0. The lowest BCUT2D eigenvalue weighted by molar-refractivity contribution is 1.11. The van der Waals surface area contributed by atoms with Crippen molar-refractivity contribution in [1.29, 1.82) is 0 Å². The summed E-state index contributed by atoms with van der Waals surface area (Å²) in [4.78, 5) is 5.98. The molecule has 2 heterocycles. The Morgan fingerprint density at radius 2 is 1.64 bits per heavy atom. The van der Waals surface area contributed by atoms with Crippen molar-refractivity contribution in [3.05, 3.63) is 28.2 Å². The van der Waals surface area contributed by atoms with Crippen LogP contribution < -0.4 is 0 Å². The van der Waals surface area contributed by atoms with Gasteiger partial charge in [-0.2, -0.15) is 0 Å². The molecule has 0 bridgehead atoms.